The molecular weight excluding hydrogens is 351 g/mol. The predicted molar refractivity (Wildman–Crippen MR) is 85.5 cm³/mol. The lowest BCUT2D eigenvalue weighted by Crippen LogP contribution is -2.34. The zero-order valence-electron chi connectivity index (χ0n) is 13.6. The Bertz CT molecular complexity index is 830. The number of nitrogens with zero attached hydrogens (tertiary/aromatic N) is 3. The second-order valence-electron chi connectivity index (χ2n) is 6.23. The Morgan fingerprint density at radius 2 is 2.00 bits per heavy atom. The fraction of sp³-hybridized carbons (Fsp3) is 0.438. The number of piperidine rings is 1. The van der Waals surface area contributed by atoms with E-state index in [2.05, 4.69) is 25.5 Å². The van der Waals surface area contributed by atoms with Crippen LogP contribution in [0.25, 0.3) is 11.3 Å². The van der Waals surface area contributed by atoms with E-state index in [1.165, 1.54) is 12.3 Å². The SMILES string of the molecule is O=C1Nc2nccc(-c3ccn(C4CCNCC4)n3)c2[C@H](C(F)(F)F)O1. The molecule has 0 unspecified atom stereocenters. The van der Waals surface area contributed by atoms with Crippen molar-refractivity contribution in [2.45, 2.75) is 31.2 Å². The molecule has 4 rings (SSSR count). The number of nitrogens with one attached hydrogen (secondary N) is 2. The molecule has 1 saturated heterocycles. The number of carbonyl (C=O) groups excluding carboxylic acids is 1. The zero-order chi connectivity index (χ0) is 18.3. The lowest BCUT2D eigenvalue weighted by molar-refractivity contribution is -0.206. The number of pyridine rings is 1. The van der Waals surface area contributed by atoms with Crippen molar-refractivity contribution in [2.24, 2.45) is 0 Å². The molecule has 2 aromatic rings. The van der Waals surface area contributed by atoms with Crippen LogP contribution in [0.1, 0.15) is 30.6 Å². The van der Waals surface area contributed by atoms with Crippen molar-refractivity contribution in [1.82, 2.24) is 20.1 Å². The average molecular weight is 367 g/mol. The van der Waals surface area contributed by atoms with Gasteiger partial charge < -0.3 is 10.1 Å². The summed E-state index contributed by atoms with van der Waals surface area (Å²) in [6, 6.07) is 3.33. The van der Waals surface area contributed by atoms with Crippen LogP contribution in [0.4, 0.5) is 23.8 Å². The Hall–Kier alpha value is -2.62. The molecule has 1 fully saturated rings. The van der Waals surface area contributed by atoms with Gasteiger partial charge in [-0.15, -0.1) is 0 Å². The fourth-order valence-corrected chi connectivity index (χ4v) is 3.34. The molecule has 0 radical (unpaired) electrons. The van der Waals surface area contributed by atoms with Gasteiger partial charge in [0.1, 0.15) is 5.82 Å². The molecule has 7 nitrogen and oxygen atoms in total. The summed E-state index contributed by atoms with van der Waals surface area (Å²) in [5, 5.41) is 9.96. The fourth-order valence-electron chi connectivity index (χ4n) is 3.34. The van der Waals surface area contributed by atoms with Gasteiger partial charge in [-0.3, -0.25) is 10.00 Å². The van der Waals surface area contributed by atoms with E-state index in [0.717, 1.165) is 25.9 Å². The van der Waals surface area contributed by atoms with E-state index >= 15 is 0 Å². The van der Waals surface area contributed by atoms with Crippen LogP contribution in [0.5, 0.6) is 0 Å². The highest BCUT2D eigenvalue weighted by atomic mass is 19.4. The van der Waals surface area contributed by atoms with Crippen LogP contribution in [0.15, 0.2) is 24.5 Å². The molecule has 2 aromatic heterocycles. The average Bonchev–Trinajstić information content (AvgIpc) is 3.10. The summed E-state index contributed by atoms with van der Waals surface area (Å²) >= 11 is 0. The number of rotatable bonds is 2. The third-order valence-corrected chi connectivity index (χ3v) is 4.56. The molecule has 0 saturated carbocycles. The molecule has 4 heterocycles. The lowest BCUT2D eigenvalue weighted by atomic mass is 10.00. The maximum Gasteiger partial charge on any atom is 0.430 e. The number of fused-ring (bicyclic) bond motifs is 1. The number of hydrogen-bond acceptors (Lipinski definition) is 5. The van der Waals surface area contributed by atoms with Crippen LogP contribution in [0.3, 0.4) is 0 Å². The topological polar surface area (TPSA) is 81.1 Å². The van der Waals surface area contributed by atoms with Crippen molar-refractivity contribution in [2.75, 3.05) is 18.4 Å². The van der Waals surface area contributed by atoms with Crippen LogP contribution in [0.2, 0.25) is 0 Å². The quantitative estimate of drug-likeness (QED) is 0.853. The van der Waals surface area contributed by atoms with Gasteiger partial charge >= 0.3 is 12.3 Å². The van der Waals surface area contributed by atoms with Gasteiger partial charge in [-0.05, 0) is 38.1 Å². The normalized spacial score (nSPS) is 21.0. The maximum atomic E-state index is 13.4. The minimum atomic E-state index is -4.75. The van der Waals surface area contributed by atoms with Crippen molar-refractivity contribution in [3.05, 3.63) is 30.1 Å². The molecule has 2 aliphatic rings. The van der Waals surface area contributed by atoms with Crippen molar-refractivity contribution in [3.63, 3.8) is 0 Å². The Morgan fingerprint density at radius 3 is 2.73 bits per heavy atom. The molecule has 138 valence electrons. The van der Waals surface area contributed by atoms with Crippen LogP contribution in [0, 0.1) is 0 Å². The van der Waals surface area contributed by atoms with Crippen LogP contribution in [-0.4, -0.2) is 40.1 Å². The van der Waals surface area contributed by atoms with E-state index in [-0.39, 0.29) is 23.0 Å². The van der Waals surface area contributed by atoms with Crippen molar-refractivity contribution < 1.29 is 22.7 Å². The van der Waals surface area contributed by atoms with Gasteiger partial charge in [0.25, 0.3) is 0 Å². The molecule has 2 N–H and O–H groups in total. The van der Waals surface area contributed by atoms with Crippen LogP contribution in [-0.2, 0) is 4.74 Å². The number of cyclic esters (lactones) is 1. The molecule has 0 spiro atoms. The first-order valence-corrected chi connectivity index (χ1v) is 8.23. The number of amides is 1. The molecular formula is C16H16F3N5O2. The van der Waals surface area contributed by atoms with Gasteiger partial charge in [0.2, 0.25) is 6.10 Å². The molecule has 1 atom stereocenters. The van der Waals surface area contributed by atoms with Gasteiger partial charge in [0, 0.05) is 18.0 Å². The molecule has 2 aliphatic heterocycles. The molecule has 26 heavy (non-hydrogen) atoms. The minimum absolute atomic E-state index is 0.155. The molecule has 0 aromatic carbocycles. The second-order valence-corrected chi connectivity index (χ2v) is 6.23. The van der Waals surface area contributed by atoms with Gasteiger partial charge in [-0.25, -0.2) is 9.78 Å². The highest BCUT2D eigenvalue weighted by Gasteiger charge is 2.49. The Balaban J connectivity index is 1.75. The third kappa shape index (κ3) is 3.00. The summed E-state index contributed by atoms with van der Waals surface area (Å²) in [6.07, 6.45) is -3.38. The summed E-state index contributed by atoms with van der Waals surface area (Å²) < 4.78 is 46.5. The van der Waals surface area contributed by atoms with Gasteiger partial charge in [0.05, 0.1) is 17.3 Å². The van der Waals surface area contributed by atoms with Crippen molar-refractivity contribution >= 4 is 11.9 Å². The standard InChI is InChI=1S/C16H16F3N5O2/c17-16(18,19)13-12-10(3-7-21-14(12)22-15(25)26-13)11-4-8-24(23-11)9-1-5-20-6-2-9/h3-4,7-9,13,20H,1-2,5-6H2,(H,21,22,25)/t13-/m1/s1. The molecule has 1 amide bonds. The van der Waals surface area contributed by atoms with Crippen molar-refractivity contribution in [3.8, 4) is 11.3 Å². The number of hydrogen-bond donors (Lipinski definition) is 2. The summed E-state index contributed by atoms with van der Waals surface area (Å²) in [6.45, 7) is 1.75. The maximum absolute atomic E-state index is 13.4. The smallest absolute Gasteiger partial charge is 0.430 e. The lowest BCUT2D eigenvalue weighted by Gasteiger charge is -2.28. The van der Waals surface area contributed by atoms with E-state index in [9.17, 15) is 18.0 Å². The number of halogens is 3. The van der Waals surface area contributed by atoms with E-state index in [4.69, 9.17) is 0 Å². The van der Waals surface area contributed by atoms with E-state index in [1.807, 2.05) is 0 Å². The Kier molecular flexibility index (Phi) is 4.06. The summed E-state index contributed by atoms with van der Waals surface area (Å²) in [4.78, 5) is 15.3. The van der Waals surface area contributed by atoms with E-state index in [1.54, 1.807) is 16.9 Å². The first-order chi connectivity index (χ1) is 12.4. The molecule has 10 heteroatoms. The highest BCUT2D eigenvalue weighted by Crippen LogP contribution is 2.45. The third-order valence-electron chi connectivity index (χ3n) is 4.56. The summed E-state index contributed by atoms with van der Waals surface area (Å²) in [5.74, 6) is -0.155. The van der Waals surface area contributed by atoms with Gasteiger partial charge in [0.15, 0.2) is 0 Å². The highest BCUT2D eigenvalue weighted by molar-refractivity contribution is 5.89. The van der Waals surface area contributed by atoms with E-state index < -0.39 is 18.4 Å². The zero-order valence-corrected chi connectivity index (χ0v) is 13.6. The largest absolute Gasteiger partial charge is 0.431 e. The van der Waals surface area contributed by atoms with Crippen LogP contribution < -0.4 is 10.6 Å². The Labute approximate surface area is 146 Å². The monoisotopic (exact) mass is 367 g/mol. The summed E-state index contributed by atoms with van der Waals surface area (Å²) in [5.41, 5.74) is 0.399. The van der Waals surface area contributed by atoms with E-state index in [0.29, 0.717) is 5.69 Å². The Morgan fingerprint density at radius 1 is 1.23 bits per heavy atom. The second kappa shape index (κ2) is 6.27. The van der Waals surface area contributed by atoms with Crippen LogP contribution >= 0.6 is 0 Å². The minimum Gasteiger partial charge on any atom is -0.431 e. The van der Waals surface area contributed by atoms with Gasteiger partial charge in [-0.2, -0.15) is 18.3 Å². The van der Waals surface area contributed by atoms with Crippen molar-refractivity contribution in [1.29, 1.82) is 0 Å². The molecule has 0 aliphatic carbocycles. The molecule has 0 bridgehead atoms. The first kappa shape index (κ1) is 16.8. The summed E-state index contributed by atoms with van der Waals surface area (Å²) in [7, 11) is 0. The first-order valence-electron chi connectivity index (χ1n) is 8.23. The number of aromatic nitrogens is 3. The number of alkyl halides is 3. The number of ether oxygens (including phenoxy) is 1. The predicted octanol–water partition coefficient (Wildman–Crippen LogP) is 3.04. The van der Waals surface area contributed by atoms with Gasteiger partial charge in [-0.1, -0.05) is 0 Å². The number of carbonyl (C=O) groups is 1. The number of anilines is 1.